The number of rotatable bonds is 3. The Balaban J connectivity index is 1.91. The van der Waals surface area contributed by atoms with E-state index in [4.69, 9.17) is 9.72 Å². The minimum Gasteiger partial charge on any atom is -0.495 e. The highest BCUT2D eigenvalue weighted by atomic mass is 16.5. The second kappa shape index (κ2) is 6.24. The van der Waals surface area contributed by atoms with Crippen molar-refractivity contribution in [3.63, 3.8) is 0 Å². The van der Waals surface area contributed by atoms with Gasteiger partial charge in [-0.2, -0.15) is 0 Å². The second-order valence-electron chi connectivity index (χ2n) is 6.47. The van der Waals surface area contributed by atoms with Crippen LogP contribution in [0, 0.1) is 6.92 Å². The maximum absolute atomic E-state index is 12.1. The molecule has 0 aliphatic carbocycles. The lowest BCUT2D eigenvalue weighted by atomic mass is 10.0. The van der Waals surface area contributed by atoms with Crippen molar-refractivity contribution in [1.29, 1.82) is 0 Å². The van der Waals surface area contributed by atoms with Crippen LogP contribution in [0.5, 0.6) is 5.75 Å². The average molecular weight is 335 g/mol. The van der Waals surface area contributed by atoms with Crippen LogP contribution in [-0.4, -0.2) is 30.2 Å². The van der Waals surface area contributed by atoms with Crippen LogP contribution in [0.3, 0.4) is 0 Å². The van der Waals surface area contributed by atoms with Crippen molar-refractivity contribution in [2.45, 2.75) is 19.8 Å². The highest BCUT2D eigenvalue weighted by Gasteiger charge is 2.18. The largest absolute Gasteiger partial charge is 0.495 e. The predicted octanol–water partition coefficient (Wildman–Crippen LogP) is 3.51. The molecule has 0 atom stereocenters. The van der Waals surface area contributed by atoms with Gasteiger partial charge in [0.1, 0.15) is 5.75 Å². The first-order chi connectivity index (χ1) is 12.2. The Morgan fingerprint density at radius 3 is 2.72 bits per heavy atom. The van der Waals surface area contributed by atoms with Crippen molar-refractivity contribution >= 4 is 16.6 Å². The highest BCUT2D eigenvalue weighted by Crippen LogP contribution is 2.36. The molecule has 4 rings (SSSR count). The van der Waals surface area contributed by atoms with E-state index in [1.165, 1.54) is 12.8 Å². The van der Waals surface area contributed by atoms with Crippen molar-refractivity contribution < 1.29 is 4.74 Å². The summed E-state index contributed by atoms with van der Waals surface area (Å²) in [5.41, 5.74) is 4.21. The third-order valence-corrected chi connectivity index (χ3v) is 4.86. The SMILES string of the molecule is COc1cc2nc(-c3ccc[nH]c3=O)cc(C)c2cc1N1CCCC1. The standard InChI is InChI=1S/C20H21N3O2/c1-13-10-16(14-6-5-7-21-20(14)24)22-17-12-19(25-2)18(11-15(13)17)23-8-3-4-9-23/h5-7,10-12H,3-4,8-9H2,1-2H3,(H,21,24). The van der Waals surface area contributed by atoms with Crippen LogP contribution in [0.4, 0.5) is 5.69 Å². The van der Waals surface area contributed by atoms with E-state index in [0.717, 1.165) is 41.0 Å². The fraction of sp³-hybridized carbons (Fsp3) is 0.300. The molecule has 1 N–H and O–H groups in total. The molecule has 25 heavy (non-hydrogen) atoms. The molecule has 1 aliphatic heterocycles. The Morgan fingerprint density at radius 1 is 1.20 bits per heavy atom. The topological polar surface area (TPSA) is 58.2 Å². The van der Waals surface area contributed by atoms with Gasteiger partial charge in [-0.1, -0.05) is 0 Å². The van der Waals surface area contributed by atoms with Crippen LogP contribution < -0.4 is 15.2 Å². The fourth-order valence-corrected chi connectivity index (χ4v) is 3.54. The summed E-state index contributed by atoms with van der Waals surface area (Å²) in [5, 5.41) is 1.10. The van der Waals surface area contributed by atoms with Crippen LogP contribution in [0.1, 0.15) is 18.4 Å². The zero-order valence-corrected chi connectivity index (χ0v) is 14.5. The molecule has 5 nitrogen and oxygen atoms in total. The van der Waals surface area contributed by atoms with E-state index < -0.39 is 0 Å². The van der Waals surface area contributed by atoms with Crippen LogP contribution in [0.15, 0.2) is 41.3 Å². The predicted molar refractivity (Wildman–Crippen MR) is 101 cm³/mol. The molecule has 1 fully saturated rings. The molecule has 1 saturated heterocycles. The summed E-state index contributed by atoms with van der Waals surface area (Å²) in [4.78, 5) is 21.9. The van der Waals surface area contributed by atoms with Crippen molar-refractivity contribution in [2.24, 2.45) is 0 Å². The molecule has 128 valence electrons. The zero-order valence-electron chi connectivity index (χ0n) is 14.5. The Labute approximate surface area is 146 Å². The normalized spacial score (nSPS) is 14.2. The van der Waals surface area contributed by atoms with E-state index in [9.17, 15) is 4.79 Å². The van der Waals surface area contributed by atoms with E-state index in [1.54, 1.807) is 19.4 Å². The van der Waals surface area contributed by atoms with Crippen LogP contribution >= 0.6 is 0 Å². The molecule has 2 aromatic heterocycles. The van der Waals surface area contributed by atoms with E-state index in [1.807, 2.05) is 18.2 Å². The number of hydrogen-bond donors (Lipinski definition) is 1. The lowest BCUT2D eigenvalue weighted by Gasteiger charge is -2.21. The summed E-state index contributed by atoms with van der Waals surface area (Å²) in [6.07, 6.45) is 4.06. The summed E-state index contributed by atoms with van der Waals surface area (Å²) < 4.78 is 5.63. The van der Waals surface area contributed by atoms with Gasteiger partial charge in [0.15, 0.2) is 0 Å². The fourth-order valence-electron chi connectivity index (χ4n) is 3.54. The lowest BCUT2D eigenvalue weighted by Crippen LogP contribution is -2.18. The molecule has 0 saturated carbocycles. The summed E-state index contributed by atoms with van der Waals surface area (Å²) in [7, 11) is 1.69. The summed E-state index contributed by atoms with van der Waals surface area (Å²) in [6.45, 7) is 4.18. The van der Waals surface area contributed by atoms with Gasteiger partial charge < -0.3 is 14.6 Å². The van der Waals surface area contributed by atoms with Gasteiger partial charge in [0.25, 0.3) is 5.56 Å². The summed E-state index contributed by atoms with van der Waals surface area (Å²) in [5.74, 6) is 0.834. The number of H-pyrrole nitrogens is 1. The van der Waals surface area contributed by atoms with Gasteiger partial charge in [-0.3, -0.25) is 4.79 Å². The van der Waals surface area contributed by atoms with Gasteiger partial charge in [-0.05, 0) is 49.6 Å². The van der Waals surface area contributed by atoms with Crippen LogP contribution in [0.2, 0.25) is 0 Å². The van der Waals surface area contributed by atoms with Gasteiger partial charge in [0.05, 0.1) is 29.6 Å². The van der Waals surface area contributed by atoms with Gasteiger partial charge in [0.2, 0.25) is 0 Å². The number of aromatic amines is 1. The number of benzene rings is 1. The van der Waals surface area contributed by atoms with Crippen molar-refractivity contribution in [3.05, 3.63) is 52.4 Å². The Hall–Kier alpha value is -2.82. The number of nitrogens with one attached hydrogen (secondary N) is 1. The van der Waals surface area contributed by atoms with Gasteiger partial charge in [-0.15, -0.1) is 0 Å². The first-order valence-corrected chi connectivity index (χ1v) is 8.60. The molecule has 5 heteroatoms. The molecule has 0 radical (unpaired) electrons. The molecular formula is C20H21N3O2. The highest BCUT2D eigenvalue weighted by molar-refractivity contribution is 5.90. The van der Waals surface area contributed by atoms with Gasteiger partial charge in [-0.25, -0.2) is 4.98 Å². The lowest BCUT2D eigenvalue weighted by molar-refractivity contribution is 0.415. The molecule has 0 bridgehead atoms. The molecule has 1 aliphatic rings. The number of pyridine rings is 2. The number of nitrogens with zero attached hydrogens (tertiary/aromatic N) is 2. The minimum atomic E-state index is -0.130. The van der Waals surface area contributed by atoms with Crippen molar-refractivity contribution in [2.75, 3.05) is 25.1 Å². The van der Waals surface area contributed by atoms with Crippen molar-refractivity contribution in [3.8, 4) is 17.0 Å². The average Bonchev–Trinajstić information content (AvgIpc) is 3.15. The first-order valence-electron chi connectivity index (χ1n) is 8.60. The number of anilines is 1. The molecular weight excluding hydrogens is 314 g/mol. The smallest absolute Gasteiger partial charge is 0.257 e. The monoisotopic (exact) mass is 335 g/mol. The Morgan fingerprint density at radius 2 is 2.00 bits per heavy atom. The second-order valence-corrected chi connectivity index (χ2v) is 6.47. The van der Waals surface area contributed by atoms with E-state index >= 15 is 0 Å². The maximum atomic E-state index is 12.1. The number of fused-ring (bicyclic) bond motifs is 1. The molecule has 3 aromatic rings. The van der Waals surface area contributed by atoms with Gasteiger partial charge in [0, 0.05) is 30.7 Å². The molecule has 0 spiro atoms. The third-order valence-electron chi connectivity index (χ3n) is 4.86. The number of methoxy groups -OCH3 is 1. The number of ether oxygens (including phenoxy) is 1. The molecule has 0 amide bonds. The quantitative estimate of drug-likeness (QED) is 0.796. The van der Waals surface area contributed by atoms with E-state index in [2.05, 4.69) is 22.9 Å². The number of hydrogen-bond acceptors (Lipinski definition) is 4. The van der Waals surface area contributed by atoms with Crippen molar-refractivity contribution in [1.82, 2.24) is 9.97 Å². The van der Waals surface area contributed by atoms with Gasteiger partial charge >= 0.3 is 0 Å². The third kappa shape index (κ3) is 2.76. The van der Waals surface area contributed by atoms with Crippen LogP contribution in [0.25, 0.3) is 22.2 Å². The Bertz CT molecular complexity index is 988. The first kappa shape index (κ1) is 15.7. The minimum absolute atomic E-state index is 0.130. The van der Waals surface area contributed by atoms with Crippen LogP contribution in [-0.2, 0) is 0 Å². The molecule has 0 unspecified atom stereocenters. The molecule has 3 heterocycles. The number of aromatic nitrogens is 2. The molecule has 1 aromatic carbocycles. The summed E-state index contributed by atoms with van der Waals surface area (Å²) >= 11 is 0. The zero-order chi connectivity index (χ0) is 17.4. The van der Waals surface area contributed by atoms with E-state index in [0.29, 0.717) is 11.3 Å². The Kier molecular flexibility index (Phi) is 3.92. The number of aryl methyl sites for hydroxylation is 1. The summed E-state index contributed by atoms with van der Waals surface area (Å²) in [6, 6.07) is 9.74. The maximum Gasteiger partial charge on any atom is 0.257 e. The van der Waals surface area contributed by atoms with E-state index in [-0.39, 0.29) is 5.56 Å².